The monoisotopic (exact) mass is 737 g/mol. The van der Waals surface area contributed by atoms with E-state index in [0.717, 1.165) is 31.0 Å². The number of carbonyl (C=O) groups excluding carboxylic acids is 3. The number of nitrogens with one attached hydrogen (secondary N) is 2. The molecule has 1 aliphatic heterocycles. The van der Waals surface area contributed by atoms with E-state index in [4.69, 9.17) is 9.47 Å². The van der Waals surface area contributed by atoms with Crippen LogP contribution < -0.4 is 19.5 Å². The summed E-state index contributed by atoms with van der Waals surface area (Å²) >= 11 is 0. The predicted octanol–water partition coefficient (Wildman–Crippen LogP) is 4.35. The summed E-state index contributed by atoms with van der Waals surface area (Å²) in [6, 6.07) is 6.41. The molecule has 0 saturated heterocycles. The number of hydrogen-bond donors (Lipinski definition) is 2. The van der Waals surface area contributed by atoms with Crippen LogP contribution in [0.3, 0.4) is 0 Å². The molecule has 52 heavy (non-hydrogen) atoms. The van der Waals surface area contributed by atoms with E-state index in [0.29, 0.717) is 48.0 Å². The second-order valence-electron chi connectivity index (χ2n) is 14.4. The summed E-state index contributed by atoms with van der Waals surface area (Å²) < 4.78 is 68.3. The first kappa shape index (κ1) is 35.7. The fraction of sp³-hybridized carbons (Fsp3) is 0.486. The van der Waals surface area contributed by atoms with Gasteiger partial charge in [0.15, 0.2) is 5.82 Å². The predicted molar refractivity (Wildman–Crippen MR) is 187 cm³/mol. The maximum Gasteiger partial charge on any atom is 0.259 e. The fourth-order valence-electron chi connectivity index (χ4n) is 7.46. The number of aromatic nitrogens is 2. The Kier molecular flexibility index (Phi) is 9.42. The van der Waals surface area contributed by atoms with Gasteiger partial charge in [-0.15, -0.1) is 0 Å². The van der Waals surface area contributed by atoms with Gasteiger partial charge in [0, 0.05) is 36.7 Å². The van der Waals surface area contributed by atoms with Crippen LogP contribution in [-0.2, 0) is 24.4 Å². The highest BCUT2D eigenvalue weighted by atomic mass is 32.2. The van der Waals surface area contributed by atoms with Crippen molar-refractivity contribution in [1.29, 1.82) is 0 Å². The number of ether oxygens (including phenoxy) is 2. The van der Waals surface area contributed by atoms with Crippen molar-refractivity contribution in [3.63, 3.8) is 0 Å². The number of hydrogen-bond acceptors (Lipinski definition) is 9. The van der Waals surface area contributed by atoms with E-state index in [2.05, 4.69) is 20.0 Å². The second kappa shape index (κ2) is 13.7. The zero-order valence-corrected chi connectivity index (χ0v) is 30.0. The minimum absolute atomic E-state index is 0.00404. The molecule has 276 valence electrons. The molecule has 5 atom stereocenters. The molecule has 0 unspecified atom stereocenters. The lowest BCUT2D eigenvalue weighted by Crippen LogP contribution is -2.54. The molecule has 3 fully saturated rings. The van der Waals surface area contributed by atoms with Crippen LogP contribution in [0.15, 0.2) is 42.5 Å². The average molecular weight is 738 g/mol. The van der Waals surface area contributed by atoms with E-state index >= 15 is 0 Å². The second-order valence-corrected chi connectivity index (χ2v) is 16.3. The van der Waals surface area contributed by atoms with Crippen LogP contribution in [0.4, 0.5) is 8.78 Å². The Labute approximate surface area is 300 Å². The number of halogens is 2. The molecule has 2 aromatic carbocycles. The molecule has 2 heterocycles. The van der Waals surface area contributed by atoms with Gasteiger partial charge in [-0.1, -0.05) is 12.2 Å². The molecule has 7 rings (SSSR count). The molecule has 3 amide bonds. The van der Waals surface area contributed by atoms with Gasteiger partial charge < -0.3 is 19.7 Å². The minimum Gasteiger partial charge on any atom is -0.496 e. The van der Waals surface area contributed by atoms with Crippen molar-refractivity contribution in [1.82, 2.24) is 24.9 Å². The van der Waals surface area contributed by atoms with Crippen LogP contribution >= 0.6 is 0 Å². The lowest BCUT2D eigenvalue weighted by Gasteiger charge is -2.26. The molecule has 4 aliphatic rings. The number of allylic oxidation sites excluding steroid dienone is 1. The van der Waals surface area contributed by atoms with E-state index in [-0.39, 0.29) is 42.4 Å². The van der Waals surface area contributed by atoms with Crippen LogP contribution in [0.1, 0.15) is 56.9 Å². The average Bonchev–Trinajstić information content (AvgIpc) is 4.02. The van der Waals surface area contributed by atoms with E-state index in [1.54, 1.807) is 31.0 Å². The Balaban J connectivity index is 1.22. The van der Waals surface area contributed by atoms with Crippen LogP contribution in [-0.4, -0.2) is 78.6 Å². The summed E-state index contributed by atoms with van der Waals surface area (Å²) in [5.41, 5.74) is -0.313. The van der Waals surface area contributed by atoms with Gasteiger partial charge in [-0.25, -0.2) is 22.2 Å². The zero-order valence-electron chi connectivity index (χ0n) is 29.2. The molecule has 1 aromatic heterocycles. The Morgan fingerprint density at radius 1 is 1.06 bits per heavy atom. The highest BCUT2D eigenvalue weighted by molar-refractivity contribution is 7.91. The molecule has 12 nitrogen and oxygen atoms in total. The molecule has 2 N–H and O–H groups in total. The van der Waals surface area contributed by atoms with Gasteiger partial charge in [-0.2, -0.15) is 4.98 Å². The number of benzene rings is 2. The van der Waals surface area contributed by atoms with Crippen molar-refractivity contribution >= 4 is 38.6 Å². The van der Waals surface area contributed by atoms with Crippen LogP contribution in [0.25, 0.3) is 22.3 Å². The number of rotatable bonds is 7. The van der Waals surface area contributed by atoms with Crippen molar-refractivity contribution in [2.45, 2.75) is 75.2 Å². The molecule has 3 saturated carbocycles. The lowest BCUT2D eigenvalue weighted by atomic mass is 9.93. The number of sulfonamides is 1. The first-order valence-electron chi connectivity index (χ1n) is 17.6. The van der Waals surface area contributed by atoms with Crippen molar-refractivity contribution in [3.05, 3.63) is 59.7 Å². The lowest BCUT2D eigenvalue weighted by molar-refractivity contribution is -0.140. The van der Waals surface area contributed by atoms with Crippen LogP contribution in [0.5, 0.6) is 11.6 Å². The van der Waals surface area contributed by atoms with Gasteiger partial charge >= 0.3 is 0 Å². The molecule has 3 aromatic rings. The summed E-state index contributed by atoms with van der Waals surface area (Å²) in [6.07, 6.45) is 6.72. The Bertz CT molecular complexity index is 2070. The summed E-state index contributed by atoms with van der Waals surface area (Å²) in [5.74, 6) is -4.68. The van der Waals surface area contributed by atoms with Gasteiger partial charge in [0.2, 0.25) is 27.7 Å². The van der Waals surface area contributed by atoms with E-state index in [1.807, 2.05) is 12.2 Å². The fourth-order valence-corrected chi connectivity index (χ4v) is 8.82. The maximum atomic E-state index is 14.3. The summed E-state index contributed by atoms with van der Waals surface area (Å²) in [7, 11) is -0.667. The zero-order chi connectivity index (χ0) is 36.9. The summed E-state index contributed by atoms with van der Waals surface area (Å²) in [4.78, 5) is 52.6. The third kappa shape index (κ3) is 6.94. The van der Waals surface area contributed by atoms with Crippen molar-refractivity contribution < 1.29 is 41.1 Å². The Morgan fingerprint density at radius 2 is 1.79 bits per heavy atom. The number of amides is 3. The molecule has 0 spiro atoms. The molecule has 0 bridgehead atoms. The van der Waals surface area contributed by atoms with Gasteiger partial charge in [-0.05, 0) is 82.6 Å². The number of methoxy groups -OCH3 is 1. The number of fused-ring (bicyclic) bond motifs is 3. The van der Waals surface area contributed by atoms with Crippen molar-refractivity contribution in [2.24, 2.45) is 17.8 Å². The normalized spacial score (nSPS) is 27.2. The van der Waals surface area contributed by atoms with Gasteiger partial charge in [0.1, 0.15) is 29.0 Å². The van der Waals surface area contributed by atoms with Crippen LogP contribution in [0, 0.1) is 36.3 Å². The van der Waals surface area contributed by atoms with E-state index in [1.165, 1.54) is 7.11 Å². The molecular formula is C37H41F2N5O7S. The van der Waals surface area contributed by atoms with Crippen molar-refractivity contribution in [3.8, 4) is 23.0 Å². The molecule has 0 radical (unpaired) electrons. The number of aryl methyl sites for hydroxylation is 1. The minimum atomic E-state index is -3.87. The largest absolute Gasteiger partial charge is 0.496 e. The Morgan fingerprint density at radius 3 is 2.50 bits per heavy atom. The quantitative estimate of drug-likeness (QED) is 0.337. The third-order valence-corrected chi connectivity index (χ3v) is 12.5. The third-order valence-electron chi connectivity index (χ3n) is 10.7. The highest BCUT2D eigenvalue weighted by Gasteiger charge is 2.62. The van der Waals surface area contributed by atoms with E-state index in [9.17, 15) is 31.6 Å². The number of carbonyl (C=O) groups is 3. The molecule has 15 heteroatoms. The Hall–Kier alpha value is -4.66. The van der Waals surface area contributed by atoms with E-state index < -0.39 is 68.1 Å². The highest BCUT2D eigenvalue weighted by Crippen LogP contribution is 2.47. The van der Waals surface area contributed by atoms with Crippen LogP contribution in [0.2, 0.25) is 0 Å². The maximum absolute atomic E-state index is 14.3. The first-order chi connectivity index (χ1) is 24.8. The summed E-state index contributed by atoms with van der Waals surface area (Å²) in [5, 5.41) is 2.75. The standard InChI is InChI=1S/C37H41F2N5O7S/c1-20-30(50-3)12-11-27-31(20)40-32(21-14-23(38)16-24(39)15-21)41-34(27)51-25-17-28-29(18-25)35(46)44(2)13-7-5-4-6-8-22-19-37(22,42-33(28)45)36(47)43-52(48,49)26-9-10-26/h6,8,11-12,14-16,22,25-26,28-29H,4-5,7,9-10,13,17-19H2,1-3H3,(H,42,45)(H,43,47)/b8-6-/t22-,25-,28-,29-,37-/m1/s1. The smallest absolute Gasteiger partial charge is 0.259 e. The topological polar surface area (TPSA) is 157 Å². The van der Waals surface area contributed by atoms with Crippen molar-refractivity contribution in [2.75, 3.05) is 20.7 Å². The van der Waals surface area contributed by atoms with Gasteiger partial charge in [0.25, 0.3) is 5.91 Å². The molecule has 3 aliphatic carbocycles. The molecular weight excluding hydrogens is 696 g/mol. The SMILES string of the molecule is COc1ccc2c(O[C@@H]3C[C@H]4C(=O)N[C@]5(C(=O)NS(=O)(=O)C6CC6)C[C@H]5/C=C\CCCCN(C)C(=O)[C@@H]4C3)nc(-c3cc(F)cc(F)c3)nc2c1C. The first-order valence-corrected chi connectivity index (χ1v) is 19.1. The number of nitrogens with zero attached hydrogens (tertiary/aromatic N) is 3. The van der Waals surface area contributed by atoms with Gasteiger partial charge in [0.05, 0.1) is 35.1 Å². The summed E-state index contributed by atoms with van der Waals surface area (Å²) in [6.45, 7) is 2.27. The van der Waals surface area contributed by atoms with Gasteiger partial charge in [-0.3, -0.25) is 19.1 Å².